The van der Waals surface area contributed by atoms with Crippen molar-refractivity contribution in [2.45, 2.75) is 34.1 Å². The van der Waals surface area contributed by atoms with E-state index in [-0.39, 0.29) is 5.97 Å². The third-order valence-electron chi connectivity index (χ3n) is 2.90. The van der Waals surface area contributed by atoms with Crippen LogP contribution in [0.4, 0.5) is 0 Å². The normalized spacial score (nSPS) is 11.7. The zero-order valence-electron chi connectivity index (χ0n) is 11.7. The molecular formula is C16H22O2. The second-order valence-electron chi connectivity index (χ2n) is 4.75. The fourth-order valence-corrected chi connectivity index (χ4v) is 1.68. The van der Waals surface area contributed by atoms with Gasteiger partial charge in [-0.25, -0.2) is 0 Å². The van der Waals surface area contributed by atoms with Gasteiger partial charge in [0.2, 0.25) is 0 Å². The minimum atomic E-state index is -0.233. The van der Waals surface area contributed by atoms with Crippen LogP contribution in [-0.4, -0.2) is 12.6 Å². The Morgan fingerprint density at radius 2 is 2.11 bits per heavy atom. The van der Waals surface area contributed by atoms with Crippen molar-refractivity contribution in [1.82, 2.24) is 0 Å². The number of carbonyl (C=O) groups excluding carboxylic acids is 1. The number of aryl methyl sites for hydroxylation is 1. The van der Waals surface area contributed by atoms with Crippen molar-refractivity contribution in [3.05, 3.63) is 41.0 Å². The molecule has 0 aliphatic heterocycles. The van der Waals surface area contributed by atoms with Crippen molar-refractivity contribution in [3.8, 4) is 0 Å². The molecule has 1 rings (SSSR count). The predicted octanol–water partition coefficient (Wildman–Crippen LogP) is 3.85. The number of esters is 1. The van der Waals surface area contributed by atoms with E-state index in [0.29, 0.717) is 12.5 Å². The highest BCUT2D eigenvalue weighted by atomic mass is 16.5. The van der Waals surface area contributed by atoms with E-state index < -0.39 is 0 Å². The van der Waals surface area contributed by atoms with E-state index in [9.17, 15) is 4.79 Å². The van der Waals surface area contributed by atoms with E-state index in [4.69, 9.17) is 4.74 Å². The van der Waals surface area contributed by atoms with Gasteiger partial charge in [0.05, 0.1) is 0 Å². The van der Waals surface area contributed by atoms with E-state index in [2.05, 4.69) is 51.1 Å². The molecule has 1 aromatic rings. The van der Waals surface area contributed by atoms with Gasteiger partial charge in [-0.05, 0) is 29.0 Å². The molecule has 0 saturated carbocycles. The van der Waals surface area contributed by atoms with Gasteiger partial charge in [0.15, 0.2) is 0 Å². The third kappa shape index (κ3) is 4.74. The van der Waals surface area contributed by atoms with Crippen LogP contribution in [0.1, 0.15) is 38.8 Å². The molecule has 0 heterocycles. The highest BCUT2D eigenvalue weighted by molar-refractivity contribution is 5.66. The number of benzene rings is 1. The Balaban J connectivity index is 2.89. The first-order chi connectivity index (χ1) is 8.52. The van der Waals surface area contributed by atoms with Crippen LogP contribution in [0.5, 0.6) is 0 Å². The molecular weight excluding hydrogens is 224 g/mol. The summed E-state index contributed by atoms with van der Waals surface area (Å²) in [5.41, 5.74) is 3.63. The van der Waals surface area contributed by atoms with Gasteiger partial charge < -0.3 is 4.74 Å². The minimum absolute atomic E-state index is 0.233. The lowest BCUT2D eigenvalue weighted by Gasteiger charge is -2.12. The van der Waals surface area contributed by atoms with Crippen LogP contribution in [-0.2, 0) is 16.0 Å². The van der Waals surface area contributed by atoms with Gasteiger partial charge in [-0.3, -0.25) is 4.79 Å². The maximum Gasteiger partial charge on any atom is 0.302 e. The summed E-state index contributed by atoms with van der Waals surface area (Å²) < 4.78 is 5.09. The molecule has 2 heteroatoms. The van der Waals surface area contributed by atoms with Crippen molar-refractivity contribution < 1.29 is 9.53 Å². The molecule has 0 spiro atoms. The van der Waals surface area contributed by atoms with Crippen LogP contribution in [0.3, 0.4) is 0 Å². The van der Waals surface area contributed by atoms with E-state index in [0.717, 1.165) is 12.0 Å². The predicted molar refractivity (Wildman–Crippen MR) is 75.3 cm³/mol. The molecule has 0 radical (unpaired) electrons. The first-order valence-corrected chi connectivity index (χ1v) is 6.45. The number of hydrogen-bond acceptors (Lipinski definition) is 2. The van der Waals surface area contributed by atoms with Crippen LogP contribution >= 0.6 is 0 Å². The molecule has 0 aliphatic rings. The van der Waals surface area contributed by atoms with Gasteiger partial charge in [0.1, 0.15) is 6.61 Å². The number of ether oxygens (including phenoxy) is 1. The van der Waals surface area contributed by atoms with Gasteiger partial charge in [0, 0.05) is 6.92 Å². The summed E-state index contributed by atoms with van der Waals surface area (Å²) in [6.07, 6.45) is 3.15. The van der Waals surface area contributed by atoms with E-state index >= 15 is 0 Å². The zero-order chi connectivity index (χ0) is 13.5. The lowest BCUT2D eigenvalue weighted by atomic mass is 10.00. The fourth-order valence-electron chi connectivity index (χ4n) is 1.68. The number of carbonyl (C=O) groups is 1. The maximum atomic E-state index is 10.9. The van der Waals surface area contributed by atoms with Crippen LogP contribution in [0.15, 0.2) is 29.8 Å². The van der Waals surface area contributed by atoms with Gasteiger partial charge >= 0.3 is 5.97 Å². The molecule has 1 aromatic carbocycles. The van der Waals surface area contributed by atoms with Crippen molar-refractivity contribution in [2.75, 3.05) is 6.61 Å². The molecule has 0 fully saturated rings. The monoisotopic (exact) mass is 246 g/mol. The van der Waals surface area contributed by atoms with Crippen molar-refractivity contribution in [1.29, 1.82) is 0 Å². The van der Waals surface area contributed by atoms with E-state index in [1.165, 1.54) is 18.1 Å². The Bertz CT molecular complexity index is 430. The average molecular weight is 246 g/mol. The summed E-state index contributed by atoms with van der Waals surface area (Å²) in [6, 6.07) is 8.44. The molecule has 0 bridgehead atoms. The average Bonchev–Trinajstić information content (AvgIpc) is 2.34. The molecule has 0 N–H and O–H groups in total. The first kappa shape index (κ1) is 14.5. The van der Waals surface area contributed by atoms with Crippen LogP contribution in [0.2, 0.25) is 0 Å². The molecule has 18 heavy (non-hydrogen) atoms. The number of hydrogen-bond donors (Lipinski definition) is 0. The van der Waals surface area contributed by atoms with Crippen molar-refractivity contribution in [2.24, 2.45) is 5.92 Å². The molecule has 0 atom stereocenters. The Kier molecular flexibility index (Phi) is 5.63. The summed E-state index contributed by atoms with van der Waals surface area (Å²) in [6.45, 7) is 8.18. The van der Waals surface area contributed by atoms with Crippen molar-refractivity contribution >= 4 is 12.0 Å². The molecule has 0 aliphatic carbocycles. The molecule has 0 unspecified atom stereocenters. The topological polar surface area (TPSA) is 26.3 Å². The molecule has 0 saturated heterocycles. The fraction of sp³-hybridized carbons (Fsp3) is 0.438. The summed E-state index contributed by atoms with van der Waals surface area (Å²) in [7, 11) is 0. The van der Waals surface area contributed by atoms with Crippen LogP contribution < -0.4 is 0 Å². The molecule has 0 aromatic heterocycles. The molecule has 0 amide bonds. The summed E-state index contributed by atoms with van der Waals surface area (Å²) >= 11 is 0. The highest BCUT2D eigenvalue weighted by Crippen LogP contribution is 2.16. The summed E-state index contributed by atoms with van der Waals surface area (Å²) in [5.74, 6) is 0.137. The second kappa shape index (κ2) is 7.00. The standard InChI is InChI=1S/C16H22O2/c1-5-14-7-6-8-15(9-14)10-16(12(2)3)11-18-13(4)17/h6-10,12H,5,11H2,1-4H3. The van der Waals surface area contributed by atoms with Gasteiger partial charge in [-0.2, -0.15) is 0 Å². The van der Waals surface area contributed by atoms with E-state index in [1.807, 2.05) is 0 Å². The highest BCUT2D eigenvalue weighted by Gasteiger charge is 2.06. The lowest BCUT2D eigenvalue weighted by molar-refractivity contribution is -0.140. The molecule has 2 nitrogen and oxygen atoms in total. The number of rotatable bonds is 5. The third-order valence-corrected chi connectivity index (χ3v) is 2.90. The summed E-state index contributed by atoms with van der Waals surface area (Å²) in [5, 5.41) is 0. The van der Waals surface area contributed by atoms with Gasteiger partial charge in [-0.1, -0.05) is 51.1 Å². The van der Waals surface area contributed by atoms with E-state index in [1.54, 1.807) is 0 Å². The SMILES string of the molecule is CCc1cccc(C=C(COC(C)=O)C(C)C)c1. The Labute approximate surface area is 110 Å². The quantitative estimate of drug-likeness (QED) is 0.738. The van der Waals surface area contributed by atoms with Crippen LogP contribution in [0.25, 0.3) is 6.08 Å². The van der Waals surface area contributed by atoms with Gasteiger partial charge in [0.25, 0.3) is 0 Å². The second-order valence-corrected chi connectivity index (χ2v) is 4.75. The minimum Gasteiger partial charge on any atom is -0.461 e. The Morgan fingerprint density at radius 1 is 1.39 bits per heavy atom. The molecule has 98 valence electrons. The Morgan fingerprint density at radius 3 is 2.67 bits per heavy atom. The van der Waals surface area contributed by atoms with Crippen LogP contribution in [0, 0.1) is 5.92 Å². The largest absolute Gasteiger partial charge is 0.461 e. The first-order valence-electron chi connectivity index (χ1n) is 6.45. The van der Waals surface area contributed by atoms with Crippen molar-refractivity contribution in [3.63, 3.8) is 0 Å². The maximum absolute atomic E-state index is 10.9. The lowest BCUT2D eigenvalue weighted by Crippen LogP contribution is -2.07. The summed E-state index contributed by atoms with van der Waals surface area (Å²) in [4.78, 5) is 10.9. The Hall–Kier alpha value is -1.57. The zero-order valence-corrected chi connectivity index (χ0v) is 11.7. The smallest absolute Gasteiger partial charge is 0.302 e. The van der Waals surface area contributed by atoms with Gasteiger partial charge in [-0.15, -0.1) is 0 Å².